The molecular weight excluding hydrogens is 352 g/mol. The number of guanidine groups is 1. The number of rotatable bonds is 8. The third-order valence-electron chi connectivity index (χ3n) is 5.20. The number of nitrogens with one attached hydrogen (secondary N) is 2. The average Bonchev–Trinajstić information content (AvgIpc) is 3.16. The third-order valence-corrected chi connectivity index (χ3v) is 5.20. The van der Waals surface area contributed by atoms with Crippen molar-refractivity contribution in [3.63, 3.8) is 0 Å². The molecule has 1 amide bonds. The van der Waals surface area contributed by atoms with Crippen LogP contribution in [0.3, 0.4) is 0 Å². The summed E-state index contributed by atoms with van der Waals surface area (Å²) in [5, 5.41) is 6.71. The summed E-state index contributed by atoms with van der Waals surface area (Å²) < 4.78 is 5.73. The Kier molecular flexibility index (Phi) is 8.15. The van der Waals surface area contributed by atoms with E-state index in [2.05, 4.69) is 41.6 Å². The monoisotopic (exact) mass is 388 g/mol. The Balaban J connectivity index is 1.86. The predicted octanol–water partition coefficient (Wildman–Crippen LogP) is 3.04. The Hall–Kier alpha value is -2.24. The number of hydrogen-bond donors (Lipinski definition) is 2. The minimum Gasteiger partial charge on any atom is -0.493 e. The van der Waals surface area contributed by atoms with Crippen LogP contribution < -0.4 is 15.4 Å². The van der Waals surface area contributed by atoms with Crippen LogP contribution in [0.1, 0.15) is 45.1 Å². The molecule has 1 saturated carbocycles. The fraction of sp³-hybridized carbons (Fsp3) is 0.636. The van der Waals surface area contributed by atoms with Gasteiger partial charge in [-0.15, -0.1) is 0 Å². The van der Waals surface area contributed by atoms with Crippen LogP contribution in [0.4, 0.5) is 0 Å². The van der Waals surface area contributed by atoms with Crippen molar-refractivity contribution in [1.82, 2.24) is 15.5 Å². The van der Waals surface area contributed by atoms with Gasteiger partial charge in [0.15, 0.2) is 5.96 Å². The molecule has 2 rings (SSSR count). The summed E-state index contributed by atoms with van der Waals surface area (Å²) in [4.78, 5) is 18.7. The molecule has 1 aromatic carbocycles. The maximum atomic E-state index is 12.7. The van der Waals surface area contributed by atoms with Crippen LogP contribution in [0.15, 0.2) is 29.3 Å². The first-order valence-electron chi connectivity index (χ1n) is 10.2. The largest absolute Gasteiger partial charge is 0.493 e. The molecule has 0 heterocycles. The molecule has 2 N–H and O–H groups in total. The van der Waals surface area contributed by atoms with E-state index in [-0.39, 0.29) is 11.3 Å². The molecule has 0 saturated heterocycles. The molecule has 0 bridgehead atoms. The van der Waals surface area contributed by atoms with E-state index in [4.69, 9.17) is 4.74 Å². The summed E-state index contributed by atoms with van der Waals surface area (Å²) in [6, 6.07) is 8.12. The zero-order chi connectivity index (χ0) is 20.6. The Bertz CT molecular complexity index is 647. The van der Waals surface area contributed by atoms with E-state index in [1.165, 1.54) is 0 Å². The molecule has 6 nitrogen and oxygen atoms in total. The fourth-order valence-corrected chi connectivity index (χ4v) is 3.62. The molecule has 156 valence electrons. The van der Waals surface area contributed by atoms with Gasteiger partial charge in [0.25, 0.3) is 0 Å². The third kappa shape index (κ3) is 6.14. The zero-order valence-corrected chi connectivity index (χ0v) is 18.0. The first-order chi connectivity index (χ1) is 13.4. The van der Waals surface area contributed by atoms with Gasteiger partial charge in [-0.3, -0.25) is 9.79 Å². The van der Waals surface area contributed by atoms with E-state index >= 15 is 0 Å². The highest BCUT2D eigenvalue weighted by Gasteiger charge is 2.42. The number of amides is 1. The molecule has 1 aliphatic carbocycles. The molecule has 0 unspecified atom stereocenters. The van der Waals surface area contributed by atoms with E-state index < -0.39 is 0 Å². The number of benzene rings is 1. The van der Waals surface area contributed by atoms with E-state index in [0.29, 0.717) is 19.0 Å². The lowest BCUT2D eigenvalue weighted by Gasteiger charge is -2.31. The molecule has 0 atom stereocenters. The maximum Gasteiger partial charge on any atom is 0.230 e. The lowest BCUT2D eigenvalue weighted by Crippen LogP contribution is -2.49. The van der Waals surface area contributed by atoms with Gasteiger partial charge >= 0.3 is 0 Å². The molecule has 1 aromatic rings. The Labute approximate surface area is 169 Å². The van der Waals surface area contributed by atoms with Gasteiger partial charge in [0.2, 0.25) is 5.91 Å². The lowest BCUT2D eigenvalue weighted by atomic mass is 9.84. The van der Waals surface area contributed by atoms with E-state index in [9.17, 15) is 4.79 Å². The minimum absolute atomic E-state index is 0.213. The zero-order valence-electron chi connectivity index (χ0n) is 18.0. The molecule has 0 spiro atoms. The summed E-state index contributed by atoms with van der Waals surface area (Å²) in [7, 11) is 5.43. The number of ether oxygens (including phenoxy) is 1. The number of aliphatic imine (C=N–C) groups is 1. The summed E-state index contributed by atoms with van der Waals surface area (Å²) in [6.07, 6.45) is 4.09. The topological polar surface area (TPSA) is 66.0 Å². The predicted molar refractivity (Wildman–Crippen MR) is 115 cm³/mol. The maximum absolute atomic E-state index is 12.7. The second-order valence-electron chi connectivity index (χ2n) is 8.32. The molecule has 0 radical (unpaired) electrons. The van der Waals surface area contributed by atoms with E-state index in [1.54, 1.807) is 11.9 Å². The minimum atomic E-state index is -0.309. The van der Waals surface area contributed by atoms with Crippen molar-refractivity contribution < 1.29 is 9.53 Å². The second-order valence-corrected chi connectivity index (χ2v) is 8.32. The average molecular weight is 389 g/mol. The van der Waals surface area contributed by atoms with Crippen molar-refractivity contribution >= 4 is 11.9 Å². The van der Waals surface area contributed by atoms with Crippen molar-refractivity contribution in [2.75, 3.05) is 34.3 Å². The van der Waals surface area contributed by atoms with Crippen molar-refractivity contribution in [2.24, 2.45) is 16.3 Å². The second kappa shape index (κ2) is 10.3. The van der Waals surface area contributed by atoms with Crippen LogP contribution in [-0.2, 0) is 11.3 Å². The van der Waals surface area contributed by atoms with Crippen LogP contribution in [0.5, 0.6) is 5.75 Å². The summed E-state index contributed by atoms with van der Waals surface area (Å²) >= 11 is 0. The van der Waals surface area contributed by atoms with Gasteiger partial charge < -0.3 is 20.3 Å². The van der Waals surface area contributed by atoms with Gasteiger partial charge in [-0.2, -0.15) is 0 Å². The smallest absolute Gasteiger partial charge is 0.230 e. The van der Waals surface area contributed by atoms with Gasteiger partial charge in [-0.1, -0.05) is 38.8 Å². The highest BCUT2D eigenvalue weighted by Crippen LogP contribution is 2.38. The molecule has 6 heteroatoms. The van der Waals surface area contributed by atoms with Crippen LogP contribution in [-0.4, -0.2) is 51.1 Å². The SMILES string of the molecule is CN=C(NCc1ccc(OCC(C)C)cc1)NCC1(C(=O)N(C)C)CCCC1. The first kappa shape index (κ1) is 22.1. The van der Waals surface area contributed by atoms with Crippen LogP contribution >= 0.6 is 0 Å². The van der Waals surface area contributed by atoms with Crippen LogP contribution in [0.2, 0.25) is 0 Å². The van der Waals surface area contributed by atoms with Crippen molar-refractivity contribution in [1.29, 1.82) is 0 Å². The Morgan fingerprint density at radius 1 is 1.18 bits per heavy atom. The van der Waals surface area contributed by atoms with E-state index in [1.807, 2.05) is 26.2 Å². The number of hydrogen-bond acceptors (Lipinski definition) is 3. The molecular formula is C22H36N4O2. The summed E-state index contributed by atoms with van der Waals surface area (Å²) in [5.74, 6) is 2.34. The molecule has 28 heavy (non-hydrogen) atoms. The highest BCUT2D eigenvalue weighted by molar-refractivity contribution is 5.85. The number of carbonyl (C=O) groups excluding carboxylic acids is 1. The normalized spacial score (nSPS) is 16.1. The molecule has 0 aliphatic heterocycles. The van der Waals surface area contributed by atoms with E-state index in [0.717, 1.165) is 49.6 Å². The standard InChI is InChI=1S/C22H36N4O2/c1-17(2)15-28-19-10-8-18(9-11-19)14-24-21(23-3)25-16-22(12-6-7-13-22)20(27)26(4)5/h8-11,17H,6-7,12-16H2,1-5H3,(H2,23,24,25). The lowest BCUT2D eigenvalue weighted by molar-refractivity contribution is -0.138. The molecule has 0 aromatic heterocycles. The number of carbonyl (C=O) groups is 1. The number of nitrogens with zero attached hydrogens (tertiary/aromatic N) is 2. The quantitative estimate of drug-likeness (QED) is 0.531. The van der Waals surface area contributed by atoms with Crippen molar-refractivity contribution in [2.45, 2.75) is 46.1 Å². The van der Waals surface area contributed by atoms with Gasteiger partial charge in [-0.25, -0.2) is 0 Å². The summed E-state index contributed by atoms with van der Waals surface area (Å²) in [6.45, 7) is 6.28. The fourth-order valence-electron chi connectivity index (χ4n) is 3.62. The van der Waals surface area contributed by atoms with Gasteiger partial charge in [0.1, 0.15) is 5.75 Å². The van der Waals surface area contributed by atoms with Gasteiger partial charge in [0.05, 0.1) is 12.0 Å². The van der Waals surface area contributed by atoms with Crippen LogP contribution in [0.25, 0.3) is 0 Å². The van der Waals surface area contributed by atoms with Gasteiger partial charge in [0, 0.05) is 34.2 Å². The molecule has 1 fully saturated rings. The Morgan fingerprint density at radius 3 is 2.36 bits per heavy atom. The molecule has 1 aliphatic rings. The summed E-state index contributed by atoms with van der Waals surface area (Å²) in [5.41, 5.74) is 0.844. The first-order valence-corrected chi connectivity index (χ1v) is 10.2. The highest BCUT2D eigenvalue weighted by atomic mass is 16.5. The van der Waals surface area contributed by atoms with Crippen molar-refractivity contribution in [3.05, 3.63) is 29.8 Å². The van der Waals surface area contributed by atoms with Crippen molar-refractivity contribution in [3.8, 4) is 5.75 Å². The Morgan fingerprint density at radius 2 is 1.82 bits per heavy atom. The van der Waals surface area contributed by atoms with Crippen LogP contribution in [0, 0.1) is 11.3 Å². The van der Waals surface area contributed by atoms with Gasteiger partial charge in [-0.05, 0) is 36.5 Å².